The first-order valence-electron chi connectivity index (χ1n) is 6.78. The second-order valence-electron chi connectivity index (χ2n) is 5.43. The average Bonchev–Trinajstić information content (AvgIpc) is 2.79. The lowest BCUT2D eigenvalue weighted by atomic mass is 10.0. The Balaban J connectivity index is 2.54. The fourth-order valence-electron chi connectivity index (χ4n) is 2.54. The summed E-state index contributed by atoms with van der Waals surface area (Å²) in [6, 6.07) is 0.646. The minimum Gasteiger partial charge on any atom is -0.382 e. The van der Waals surface area contributed by atoms with E-state index in [9.17, 15) is 36.2 Å². The Bertz CT molecular complexity index is 725. The first-order valence-corrected chi connectivity index (χ1v) is 6.78. The molecule has 1 heterocycles. The van der Waals surface area contributed by atoms with Gasteiger partial charge in [-0.3, -0.25) is 4.90 Å². The van der Waals surface area contributed by atoms with Crippen LogP contribution in [0.3, 0.4) is 0 Å². The molecule has 0 bridgehead atoms. The number of anilines is 1. The zero-order valence-electron chi connectivity index (χ0n) is 12.6. The van der Waals surface area contributed by atoms with Crippen molar-refractivity contribution in [2.45, 2.75) is 24.5 Å². The van der Waals surface area contributed by atoms with Crippen LogP contribution in [-0.2, 0) is 6.18 Å². The number of carbonyl (C=O) groups is 1. The predicted molar refractivity (Wildman–Crippen MR) is 72.5 cm³/mol. The molecule has 0 aliphatic carbocycles. The number of hydrogen-bond donors (Lipinski definition) is 1. The summed E-state index contributed by atoms with van der Waals surface area (Å²) in [7, 11) is 1.16. The Morgan fingerprint density at radius 1 is 1.28 bits per heavy atom. The molecule has 0 saturated carbocycles. The molecule has 1 aliphatic heterocycles. The number of halogens is 6. The van der Waals surface area contributed by atoms with E-state index in [1.54, 1.807) is 0 Å². The van der Waals surface area contributed by atoms with Crippen molar-refractivity contribution in [2.24, 2.45) is 0 Å². The maximum Gasteiger partial charge on any atom is 0.417 e. The summed E-state index contributed by atoms with van der Waals surface area (Å²) in [5, 5.41) is 18.2. The molecule has 136 valence electrons. The number of alkyl halides is 6. The van der Waals surface area contributed by atoms with Gasteiger partial charge in [-0.1, -0.05) is 0 Å². The summed E-state index contributed by atoms with van der Waals surface area (Å²) in [6.45, 7) is -0.527. The maximum absolute atomic E-state index is 13.0. The molecule has 1 saturated heterocycles. The van der Waals surface area contributed by atoms with Gasteiger partial charge < -0.3 is 10.0 Å². The van der Waals surface area contributed by atoms with Crippen LogP contribution in [0, 0.1) is 11.3 Å². The van der Waals surface area contributed by atoms with E-state index in [-0.39, 0.29) is 0 Å². The fraction of sp³-hybridized carbons (Fsp3) is 0.429. The summed E-state index contributed by atoms with van der Waals surface area (Å²) in [4.78, 5) is 13.4. The molecule has 0 aromatic heterocycles. The smallest absolute Gasteiger partial charge is 0.382 e. The number of urea groups is 1. The van der Waals surface area contributed by atoms with Crippen molar-refractivity contribution in [3.8, 4) is 6.07 Å². The van der Waals surface area contributed by atoms with Gasteiger partial charge in [-0.2, -0.15) is 31.6 Å². The highest BCUT2D eigenvalue weighted by Crippen LogP contribution is 2.37. The van der Waals surface area contributed by atoms with Crippen LogP contribution in [0.2, 0.25) is 0 Å². The molecule has 1 aromatic rings. The number of aliphatic hydroxyl groups is 1. The number of carbonyl (C=O) groups excluding carboxylic acids is 1. The SMILES string of the molecule is CN1C[C@H]([C@@H](O)C(F)(F)F)N(c2ccc(C#N)c(C(F)(F)F)c2)C1=O. The Morgan fingerprint density at radius 2 is 1.88 bits per heavy atom. The van der Waals surface area contributed by atoms with E-state index >= 15 is 0 Å². The van der Waals surface area contributed by atoms with E-state index in [0.29, 0.717) is 11.0 Å². The van der Waals surface area contributed by atoms with Gasteiger partial charge in [-0.25, -0.2) is 4.79 Å². The van der Waals surface area contributed by atoms with Crippen LogP contribution in [0.5, 0.6) is 0 Å². The first kappa shape index (κ1) is 18.9. The molecule has 2 rings (SSSR count). The van der Waals surface area contributed by atoms with Crippen LogP contribution >= 0.6 is 0 Å². The van der Waals surface area contributed by atoms with E-state index in [0.717, 1.165) is 24.1 Å². The van der Waals surface area contributed by atoms with Gasteiger partial charge in [0.25, 0.3) is 0 Å². The molecule has 1 aromatic carbocycles. The Hall–Kier alpha value is -2.48. The van der Waals surface area contributed by atoms with Gasteiger partial charge in [0, 0.05) is 19.3 Å². The van der Waals surface area contributed by atoms with Crippen molar-refractivity contribution in [3.05, 3.63) is 29.3 Å². The summed E-state index contributed by atoms with van der Waals surface area (Å²) < 4.78 is 77.5. The van der Waals surface area contributed by atoms with Crippen LogP contribution in [0.4, 0.5) is 36.8 Å². The normalized spacial score (nSPS) is 20.0. The predicted octanol–water partition coefficient (Wildman–Crippen LogP) is 2.74. The van der Waals surface area contributed by atoms with Crippen molar-refractivity contribution in [3.63, 3.8) is 0 Å². The van der Waals surface area contributed by atoms with E-state index in [1.807, 2.05) is 0 Å². The number of nitrogens with zero attached hydrogens (tertiary/aromatic N) is 3. The highest BCUT2D eigenvalue weighted by molar-refractivity contribution is 5.95. The third-order valence-electron chi connectivity index (χ3n) is 3.73. The van der Waals surface area contributed by atoms with Gasteiger partial charge in [-0.15, -0.1) is 0 Å². The molecular weight excluding hydrogens is 356 g/mol. The average molecular weight is 367 g/mol. The third kappa shape index (κ3) is 3.48. The number of rotatable bonds is 2. The lowest BCUT2D eigenvalue weighted by Gasteiger charge is -2.28. The summed E-state index contributed by atoms with van der Waals surface area (Å²) in [6.07, 6.45) is -12.9. The standard InChI is InChI=1S/C14H11F6N3O2/c1-22-6-10(11(24)14(18,19)20)23(12(22)25)8-3-2-7(5-21)9(4-8)13(15,16)17/h2-4,10-11,24H,6H2,1H3/t10-,11-/m1/s1. The molecule has 0 radical (unpaired) electrons. The van der Waals surface area contributed by atoms with Crippen LogP contribution in [0.25, 0.3) is 0 Å². The van der Waals surface area contributed by atoms with Gasteiger partial charge in [0.2, 0.25) is 0 Å². The van der Waals surface area contributed by atoms with Crippen LogP contribution < -0.4 is 4.90 Å². The second-order valence-corrected chi connectivity index (χ2v) is 5.43. The molecular formula is C14H11F6N3O2. The highest BCUT2D eigenvalue weighted by Gasteiger charge is 2.51. The number of likely N-dealkylation sites (N-methyl/N-ethyl adjacent to an activating group) is 1. The van der Waals surface area contributed by atoms with Gasteiger partial charge in [0.15, 0.2) is 6.10 Å². The second kappa shape index (κ2) is 6.11. The Morgan fingerprint density at radius 3 is 2.36 bits per heavy atom. The van der Waals surface area contributed by atoms with Crippen LogP contribution in [0.15, 0.2) is 18.2 Å². The molecule has 5 nitrogen and oxygen atoms in total. The number of nitriles is 1. The molecule has 0 unspecified atom stereocenters. The quantitative estimate of drug-likeness (QED) is 0.818. The van der Waals surface area contributed by atoms with Gasteiger partial charge in [-0.05, 0) is 18.2 Å². The van der Waals surface area contributed by atoms with Gasteiger partial charge in [0.05, 0.1) is 23.2 Å². The van der Waals surface area contributed by atoms with Crippen molar-refractivity contribution in [1.82, 2.24) is 4.90 Å². The summed E-state index contributed by atoms with van der Waals surface area (Å²) in [5.74, 6) is 0. The molecule has 1 N–H and O–H groups in total. The molecule has 25 heavy (non-hydrogen) atoms. The molecule has 11 heteroatoms. The number of hydrogen-bond acceptors (Lipinski definition) is 3. The number of amides is 2. The van der Waals surface area contributed by atoms with Gasteiger partial charge in [0.1, 0.15) is 0 Å². The zero-order chi connectivity index (χ0) is 19.2. The highest BCUT2D eigenvalue weighted by atomic mass is 19.4. The van der Waals surface area contributed by atoms with E-state index in [4.69, 9.17) is 5.26 Å². The summed E-state index contributed by atoms with van der Waals surface area (Å²) in [5.41, 5.74) is -2.60. The third-order valence-corrected chi connectivity index (χ3v) is 3.73. The van der Waals surface area contributed by atoms with Crippen molar-refractivity contribution >= 4 is 11.7 Å². The fourth-order valence-corrected chi connectivity index (χ4v) is 2.54. The Labute approximate surface area is 137 Å². The van der Waals surface area contributed by atoms with Crippen LogP contribution in [-0.4, -0.2) is 48.0 Å². The summed E-state index contributed by atoms with van der Waals surface area (Å²) >= 11 is 0. The Kier molecular flexibility index (Phi) is 4.61. The lowest BCUT2D eigenvalue weighted by molar-refractivity contribution is -0.208. The van der Waals surface area contributed by atoms with E-state index in [2.05, 4.69) is 0 Å². The molecule has 1 fully saturated rings. The lowest BCUT2D eigenvalue weighted by Crippen LogP contribution is -2.49. The van der Waals surface area contributed by atoms with Crippen molar-refractivity contribution in [1.29, 1.82) is 5.26 Å². The maximum atomic E-state index is 13.0. The monoisotopic (exact) mass is 367 g/mol. The minimum atomic E-state index is -5.06. The van der Waals surface area contributed by atoms with E-state index in [1.165, 1.54) is 6.07 Å². The van der Waals surface area contributed by atoms with Gasteiger partial charge >= 0.3 is 18.4 Å². The number of benzene rings is 1. The van der Waals surface area contributed by atoms with Crippen molar-refractivity contribution < 1.29 is 36.2 Å². The molecule has 1 aliphatic rings. The zero-order valence-corrected chi connectivity index (χ0v) is 12.6. The largest absolute Gasteiger partial charge is 0.417 e. The van der Waals surface area contributed by atoms with Crippen molar-refractivity contribution in [2.75, 3.05) is 18.5 Å². The van der Waals surface area contributed by atoms with Crippen LogP contribution in [0.1, 0.15) is 11.1 Å². The topological polar surface area (TPSA) is 67.6 Å². The number of aliphatic hydroxyl groups excluding tert-OH is 1. The molecule has 0 spiro atoms. The molecule has 2 amide bonds. The minimum absolute atomic E-state index is 0.422. The molecule has 2 atom stereocenters. The van der Waals surface area contributed by atoms with E-state index < -0.39 is 53.9 Å². The first-order chi connectivity index (χ1) is 11.4.